The van der Waals surface area contributed by atoms with E-state index in [-0.39, 0.29) is 22.6 Å². The minimum Gasteiger partial charge on any atom is -0.314 e. The van der Waals surface area contributed by atoms with Crippen LogP contribution in [0.1, 0.15) is 51.2 Å². The largest absolute Gasteiger partial charge is 0.314 e. The second kappa shape index (κ2) is 7.39. The number of nitro benzene ring substituents is 1. The summed E-state index contributed by atoms with van der Waals surface area (Å²) >= 11 is 0. The van der Waals surface area contributed by atoms with Crippen LogP contribution in [0.4, 0.5) is 5.69 Å². The van der Waals surface area contributed by atoms with Crippen LogP contribution in [0.3, 0.4) is 0 Å². The molecule has 0 fully saturated rings. The van der Waals surface area contributed by atoms with Crippen LogP contribution in [0.15, 0.2) is 18.2 Å². The van der Waals surface area contributed by atoms with Crippen molar-refractivity contribution in [1.82, 2.24) is 5.32 Å². The summed E-state index contributed by atoms with van der Waals surface area (Å²) < 4.78 is 0. The van der Waals surface area contributed by atoms with Gasteiger partial charge >= 0.3 is 0 Å². The molecule has 0 aliphatic heterocycles. The zero-order valence-electron chi connectivity index (χ0n) is 13.1. The maximum atomic E-state index is 11.3. The lowest BCUT2D eigenvalue weighted by molar-refractivity contribution is -0.385. The topological polar surface area (TPSA) is 55.2 Å². The second-order valence-electron chi connectivity index (χ2n) is 5.83. The van der Waals surface area contributed by atoms with E-state index in [1.165, 1.54) is 0 Å². The third kappa shape index (κ3) is 4.04. The van der Waals surface area contributed by atoms with Crippen molar-refractivity contribution in [3.8, 4) is 0 Å². The molecule has 2 unspecified atom stereocenters. The summed E-state index contributed by atoms with van der Waals surface area (Å²) in [5, 5.41) is 14.8. The first-order chi connectivity index (χ1) is 9.38. The first-order valence-electron chi connectivity index (χ1n) is 7.36. The SMILES string of the molecule is CCCNC(C)C(c1cc(C)ccc1[N+](=O)[O-])C(C)C. The quantitative estimate of drug-likeness (QED) is 0.605. The number of hydrogen-bond donors (Lipinski definition) is 1. The van der Waals surface area contributed by atoms with Gasteiger partial charge in [-0.05, 0) is 38.8 Å². The number of rotatable bonds is 7. The van der Waals surface area contributed by atoms with E-state index in [4.69, 9.17) is 0 Å². The van der Waals surface area contributed by atoms with E-state index in [0.29, 0.717) is 5.92 Å². The zero-order chi connectivity index (χ0) is 15.3. The van der Waals surface area contributed by atoms with E-state index in [1.54, 1.807) is 6.07 Å². The molecule has 2 atom stereocenters. The van der Waals surface area contributed by atoms with E-state index < -0.39 is 0 Å². The lowest BCUT2D eigenvalue weighted by Crippen LogP contribution is -2.35. The van der Waals surface area contributed by atoms with Crippen molar-refractivity contribution in [2.24, 2.45) is 5.92 Å². The number of benzene rings is 1. The van der Waals surface area contributed by atoms with Crippen LogP contribution in [0, 0.1) is 23.0 Å². The predicted octanol–water partition coefficient (Wildman–Crippen LogP) is 4.03. The lowest BCUT2D eigenvalue weighted by atomic mass is 9.81. The average molecular weight is 278 g/mol. The molecule has 112 valence electrons. The second-order valence-corrected chi connectivity index (χ2v) is 5.83. The summed E-state index contributed by atoms with van der Waals surface area (Å²) in [4.78, 5) is 11.0. The first-order valence-corrected chi connectivity index (χ1v) is 7.36. The standard InChI is InChI=1S/C16H26N2O2/c1-6-9-17-13(5)16(11(2)3)14-10-12(4)7-8-15(14)18(19)20/h7-8,10-11,13,16-17H,6,9H2,1-5H3. The Kier molecular flexibility index (Phi) is 6.14. The van der Waals surface area contributed by atoms with Gasteiger partial charge in [-0.3, -0.25) is 10.1 Å². The van der Waals surface area contributed by atoms with Gasteiger partial charge in [0.25, 0.3) is 5.69 Å². The van der Waals surface area contributed by atoms with Gasteiger partial charge in [-0.2, -0.15) is 0 Å². The van der Waals surface area contributed by atoms with Crippen molar-refractivity contribution in [3.05, 3.63) is 39.4 Å². The Morgan fingerprint density at radius 1 is 1.30 bits per heavy atom. The van der Waals surface area contributed by atoms with Crippen molar-refractivity contribution in [2.45, 2.75) is 53.0 Å². The molecule has 0 aromatic heterocycles. The van der Waals surface area contributed by atoms with Crippen LogP contribution in [0.2, 0.25) is 0 Å². The van der Waals surface area contributed by atoms with E-state index in [0.717, 1.165) is 24.1 Å². The third-order valence-corrected chi connectivity index (χ3v) is 3.71. The Balaban J connectivity index is 3.20. The van der Waals surface area contributed by atoms with Crippen LogP contribution in [0.5, 0.6) is 0 Å². The smallest absolute Gasteiger partial charge is 0.272 e. The number of nitrogens with one attached hydrogen (secondary N) is 1. The van der Waals surface area contributed by atoms with Crippen LogP contribution in [0.25, 0.3) is 0 Å². The molecule has 0 aliphatic carbocycles. The monoisotopic (exact) mass is 278 g/mol. The number of hydrogen-bond acceptors (Lipinski definition) is 3. The van der Waals surface area contributed by atoms with Crippen molar-refractivity contribution >= 4 is 5.69 Å². The van der Waals surface area contributed by atoms with Crippen molar-refractivity contribution in [1.29, 1.82) is 0 Å². The van der Waals surface area contributed by atoms with Gasteiger partial charge in [0.15, 0.2) is 0 Å². The predicted molar refractivity (Wildman–Crippen MR) is 83.2 cm³/mol. The minimum atomic E-state index is -0.267. The molecule has 20 heavy (non-hydrogen) atoms. The van der Waals surface area contributed by atoms with Gasteiger partial charge < -0.3 is 5.32 Å². The van der Waals surface area contributed by atoms with Gasteiger partial charge in [0.05, 0.1) is 4.92 Å². The third-order valence-electron chi connectivity index (χ3n) is 3.71. The van der Waals surface area contributed by atoms with Gasteiger partial charge in [0.2, 0.25) is 0 Å². The normalized spacial score (nSPS) is 14.3. The average Bonchev–Trinajstić information content (AvgIpc) is 2.35. The summed E-state index contributed by atoms with van der Waals surface area (Å²) in [6.45, 7) is 11.4. The molecule has 0 aliphatic rings. The fraction of sp³-hybridized carbons (Fsp3) is 0.625. The molecular formula is C16H26N2O2. The molecule has 1 aromatic rings. The Morgan fingerprint density at radius 3 is 2.45 bits per heavy atom. The number of aryl methyl sites for hydroxylation is 1. The van der Waals surface area contributed by atoms with E-state index in [9.17, 15) is 10.1 Å². The molecule has 0 spiro atoms. The maximum Gasteiger partial charge on any atom is 0.272 e. The highest BCUT2D eigenvalue weighted by Gasteiger charge is 2.28. The Hall–Kier alpha value is -1.42. The summed E-state index contributed by atoms with van der Waals surface area (Å²) in [5.74, 6) is 0.483. The van der Waals surface area contributed by atoms with Gasteiger partial charge in [0.1, 0.15) is 0 Å². The molecule has 1 rings (SSSR count). The van der Waals surface area contributed by atoms with Crippen molar-refractivity contribution in [3.63, 3.8) is 0 Å². The molecule has 0 saturated heterocycles. The van der Waals surface area contributed by atoms with Gasteiger partial charge in [-0.15, -0.1) is 0 Å². The minimum absolute atomic E-state index is 0.141. The fourth-order valence-electron chi connectivity index (χ4n) is 2.81. The molecule has 4 heteroatoms. The molecule has 4 nitrogen and oxygen atoms in total. The summed E-state index contributed by atoms with van der Waals surface area (Å²) in [7, 11) is 0. The Bertz CT molecular complexity index is 458. The summed E-state index contributed by atoms with van der Waals surface area (Å²) in [6, 6.07) is 5.62. The summed E-state index contributed by atoms with van der Waals surface area (Å²) in [6.07, 6.45) is 1.06. The molecular weight excluding hydrogens is 252 g/mol. The van der Waals surface area contributed by atoms with Gasteiger partial charge in [-0.1, -0.05) is 32.4 Å². The zero-order valence-corrected chi connectivity index (χ0v) is 13.1. The number of nitro groups is 1. The van der Waals surface area contributed by atoms with Crippen LogP contribution in [-0.2, 0) is 0 Å². The van der Waals surface area contributed by atoms with E-state index >= 15 is 0 Å². The fourth-order valence-corrected chi connectivity index (χ4v) is 2.81. The van der Waals surface area contributed by atoms with Crippen LogP contribution in [-0.4, -0.2) is 17.5 Å². The van der Waals surface area contributed by atoms with Crippen LogP contribution < -0.4 is 5.32 Å². The molecule has 1 aromatic carbocycles. The first kappa shape index (κ1) is 16.6. The molecule has 0 bridgehead atoms. The number of nitrogens with zero attached hydrogens (tertiary/aromatic N) is 1. The molecule has 0 heterocycles. The summed E-state index contributed by atoms with van der Waals surface area (Å²) in [5.41, 5.74) is 2.15. The van der Waals surface area contributed by atoms with E-state index in [1.807, 2.05) is 19.1 Å². The molecule has 0 radical (unpaired) electrons. The van der Waals surface area contributed by atoms with Gasteiger partial charge in [0, 0.05) is 23.6 Å². The highest BCUT2D eigenvalue weighted by molar-refractivity contribution is 5.45. The van der Waals surface area contributed by atoms with Gasteiger partial charge in [-0.25, -0.2) is 0 Å². The van der Waals surface area contributed by atoms with Crippen molar-refractivity contribution in [2.75, 3.05) is 6.54 Å². The Labute approximate surface area is 121 Å². The molecule has 1 N–H and O–H groups in total. The van der Waals surface area contributed by atoms with Crippen molar-refractivity contribution < 1.29 is 4.92 Å². The molecule has 0 saturated carbocycles. The highest BCUT2D eigenvalue weighted by atomic mass is 16.6. The maximum absolute atomic E-state index is 11.3. The Morgan fingerprint density at radius 2 is 1.95 bits per heavy atom. The molecule has 0 amide bonds. The highest BCUT2D eigenvalue weighted by Crippen LogP contribution is 2.35. The lowest BCUT2D eigenvalue weighted by Gasteiger charge is -2.28. The van der Waals surface area contributed by atoms with Crippen LogP contribution >= 0.6 is 0 Å². The van der Waals surface area contributed by atoms with E-state index in [2.05, 4.69) is 33.0 Å².